The zero-order valence-corrected chi connectivity index (χ0v) is 10.4. The molecule has 2 N–H and O–H groups in total. The van der Waals surface area contributed by atoms with E-state index in [1.165, 1.54) is 24.3 Å². The second-order valence-corrected chi connectivity index (χ2v) is 3.75. The number of nitro groups is 1. The molecule has 0 saturated carbocycles. The first kappa shape index (κ1) is 15.1. The van der Waals surface area contributed by atoms with Crippen molar-refractivity contribution in [1.82, 2.24) is 5.32 Å². The van der Waals surface area contributed by atoms with Crippen LogP contribution in [0.2, 0.25) is 0 Å². The monoisotopic (exact) mass is 268 g/mol. The number of hydrogen-bond acceptors (Lipinski definition) is 5. The second kappa shape index (κ2) is 8.17. The predicted octanol–water partition coefficient (Wildman–Crippen LogP) is 0.724. The lowest BCUT2D eigenvalue weighted by Gasteiger charge is -2.05. The SMILES string of the molecule is O=C(NCCCOCCO)c1cccc([N+](=O)[O-])c1. The minimum Gasteiger partial charge on any atom is -0.394 e. The highest BCUT2D eigenvalue weighted by molar-refractivity contribution is 5.94. The Labute approximate surface area is 110 Å². The van der Waals surface area contributed by atoms with Gasteiger partial charge in [-0.1, -0.05) is 6.07 Å². The minimum absolute atomic E-state index is 0.0277. The van der Waals surface area contributed by atoms with E-state index >= 15 is 0 Å². The molecule has 0 aliphatic heterocycles. The van der Waals surface area contributed by atoms with Gasteiger partial charge in [0.25, 0.3) is 11.6 Å². The Morgan fingerprint density at radius 2 is 2.21 bits per heavy atom. The zero-order valence-electron chi connectivity index (χ0n) is 10.4. The number of amides is 1. The van der Waals surface area contributed by atoms with Crippen LogP contribution in [0.15, 0.2) is 24.3 Å². The molecule has 0 bridgehead atoms. The maximum Gasteiger partial charge on any atom is 0.270 e. The summed E-state index contributed by atoms with van der Waals surface area (Å²) in [5.41, 5.74) is 0.143. The number of nitrogens with zero attached hydrogens (tertiary/aromatic N) is 1. The number of carbonyl (C=O) groups is 1. The van der Waals surface area contributed by atoms with Crippen LogP contribution in [0.4, 0.5) is 5.69 Å². The van der Waals surface area contributed by atoms with Crippen molar-refractivity contribution in [3.63, 3.8) is 0 Å². The van der Waals surface area contributed by atoms with Gasteiger partial charge in [0.05, 0.1) is 18.1 Å². The molecule has 1 rings (SSSR count). The third-order valence-corrected chi connectivity index (χ3v) is 2.31. The van der Waals surface area contributed by atoms with Gasteiger partial charge in [-0.15, -0.1) is 0 Å². The van der Waals surface area contributed by atoms with Gasteiger partial charge in [0.15, 0.2) is 0 Å². The van der Waals surface area contributed by atoms with E-state index in [2.05, 4.69) is 5.32 Å². The van der Waals surface area contributed by atoms with E-state index in [4.69, 9.17) is 9.84 Å². The van der Waals surface area contributed by atoms with Crippen LogP contribution in [0.1, 0.15) is 16.8 Å². The molecule has 0 heterocycles. The Bertz CT molecular complexity index is 436. The van der Waals surface area contributed by atoms with Gasteiger partial charge in [-0.3, -0.25) is 14.9 Å². The molecule has 1 aromatic rings. The van der Waals surface area contributed by atoms with Crippen molar-refractivity contribution in [3.05, 3.63) is 39.9 Å². The van der Waals surface area contributed by atoms with Crippen molar-refractivity contribution in [3.8, 4) is 0 Å². The standard InChI is InChI=1S/C12H16N2O5/c15-6-8-19-7-2-5-13-12(16)10-3-1-4-11(9-10)14(17)18/h1,3-4,9,15H,2,5-8H2,(H,13,16). The van der Waals surface area contributed by atoms with Crippen LogP contribution in [0.25, 0.3) is 0 Å². The number of nitro benzene ring substituents is 1. The molecule has 19 heavy (non-hydrogen) atoms. The lowest BCUT2D eigenvalue weighted by molar-refractivity contribution is -0.384. The molecule has 7 nitrogen and oxygen atoms in total. The molecule has 0 aliphatic carbocycles. The first-order valence-electron chi connectivity index (χ1n) is 5.86. The highest BCUT2D eigenvalue weighted by Crippen LogP contribution is 2.12. The van der Waals surface area contributed by atoms with E-state index in [1.54, 1.807) is 0 Å². The van der Waals surface area contributed by atoms with Gasteiger partial charge in [0, 0.05) is 30.8 Å². The summed E-state index contributed by atoms with van der Waals surface area (Å²) in [6, 6.07) is 5.55. The minimum atomic E-state index is -0.542. The first-order valence-corrected chi connectivity index (χ1v) is 5.86. The van der Waals surface area contributed by atoms with Gasteiger partial charge in [-0.2, -0.15) is 0 Å². The number of carbonyl (C=O) groups excluding carboxylic acids is 1. The van der Waals surface area contributed by atoms with E-state index < -0.39 is 4.92 Å². The molecular weight excluding hydrogens is 252 g/mol. The number of ether oxygens (including phenoxy) is 1. The van der Waals surface area contributed by atoms with Crippen molar-refractivity contribution >= 4 is 11.6 Å². The van der Waals surface area contributed by atoms with Gasteiger partial charge in [-0.25, -0.2) is 0 Å². The fraction of sp³-hybridized carbons (Fsp3) is 0.417. The molecule has 1 amide bonds. The number of aliphatic hydroxyl groups excluding tert-OH is 1. The quantitative estimate of drug-likeness (QED) is 0.411. The Balaban J connectivity index is 2.37. The number of rotatable bonds is 8. The Morgan fingerprint density at radius 3 is 2.89 bits per heavy atom. The molecule has 0 aromatic heterocycles. The third-order valence-electron chi connectivity index (χ3n) is 2.31. The van der Waals surface area contributed by atoms with Crippen molar-refractivity contribution in [2.45, 2.75) is 6.42 Å². The zero-order chi connectivity index (χ0) is 14.1. The first-order chi connectivity index (χ1) is 9.15. The van der Waals surface area contributed by atoms with Crippen LogP contribution in [-0.2, 0) is 4.74 Å². The van der Waals surface area contributed by atoms with Gasteiger partial charge in [0.1, 0.15) is 0 Å². The predicted molar refractivity (Wildman–Crippen MR) is 68.0 cm³/mol. The van der Waals surface area contributed by atoms with E-state index in [1.807, 2.05) is 0 Å². The highest BCUT2D eigenvalue weighted by atomic mass is 16.6. The molecular formula is C12H16N2O5. The van der Waals surface area contributed by atoms with Crippen LogP contribution in [-0.4, -0.2) is 42.3 Å². The lowest BCUT2D eigenvalue weighted by Crippen LogP contribution is -2.25. The second-order valence-electron chi connectivity index (χ2n) is 3.75. The molecule has 104 valence electrons. The Kier molecular flexibility index (Phi) is 6.48. The fourth-order valence-electron chi connectivity index (χ4n) is 1.41. The van der Waals surface area contributed by atoms with E-state index in [0.717, 1.165) is 0 Å². The molecule has 0 aliphatic rings. The number of hydrogen-bond donors (Lipinski definition) is 2. The lowest BCUT2D eigenvalue weighted by atomic mass is 10.2. The molecule has 1 aromatic carbocycles. The number of non-ortho nitro benzene ring substituents is 1. The summed E-state index contributed by atoms with van der Waals surface area (Å²) in [5.74, 6) is -0.356. The Hall–Kier alpha value is -1.99. The van der Waals surface area contributed by atoms with Crippen molar-refractivity contribution in [2.75, 3.05) is 26.4 Å². The van der Waals surface area contributed by atoms with Crippen LogP contribution < -0.4 is 5.32 Å². The largest absolute Gasteiger partial charge is 0.394 e. The highest BCUT2D eigenvalue weighted by Gasteiger charge is 2.10. The van der Waals surface area contributed by atoms with Gasteiger partial charge < -0.3 is 15.2 Å². The maximum absolute atomic E-state index is 11.7. The summed E-state index contributed by atoms with van der Waals surface area (Å²) in [6.45, 7) is 1.10. The van der Waals surface area contributed by atoms with Crippen LogP contribution >= 0.6 is 0 Å². The molecule has 0 saturated heterocycles. The summed E-state index contributed by atoms with van der Waals surface area (Å²) in [4.78, 5) is 21.7. The normalized spacial score (nSPS) is 10.2. The van der Waals surface area contributed by atoms with Gasteiger partial charge in [-0.05, 0) is 12.5 Å². The van der Waals surface area contributed by atoms with Crippen LogP contribution in [0.5, 0.6) is 0 Å². The van der Waals surface area contributed by atoms with Crippen molar-refractivity contribution in [2.24, 2.45) is 0 Å². The number of nitrogens with one attached hydrogen (secondary N) is 1. The number of aliphatic hydroxyl groups is 1. The third kappa shape index (κ3) is 5.45. The average molecular weight is 268 g/mol. The smallest absolute Gasteiger partial charge is 0.270 e. The van der Waals surface area contributed by atoms with Crippen molar-refractivity contribution in [1.29, 1.82) is 0 Å². The molecule has 0 radical (unpaired) electrons. The van der Waals surface area contributed by atoms with Gasteiger partial charge >= 0.3 is 0 Å². The van der Waals surface area contributed by atoms with E-state index in [9.17, 15) is 14.9 Å². The molecule has 0 fully saturated rings. The summed E-state index contributed by atoms with van der Waals surface area (Å²) >= 11 is 0. The Morgan fingerprint density at radius 1 is 1.42 bits per heavy atom. The van der Waals surface area contributed by atoms with Crippen LogP contribution in [0, 0.1) is 10.1 Å². The molecule has 7 heteroatoms. The molecule has 0 atom stereocenters. The van der Waals surface area contributed by atoms with Crippen LogP contribution in [0.3, 0.4) is 0 Å². The molecule has 0 spiro atoms. The summed E-state index contributed by atoms with van der Waals surface area (Å²) in [6.07, 6.45) is 0.612. The van der Waals surface area contributed by atoms with E-state index in [-0.39, 0.29) is 30.4 Å². The van der Waals surface area contributed by atoms with Gasteiger partial charge in [0.2, 0.25) is 0 Å². The summed E-state index contributed by atoms with van der Waals surface area (Å²) < 4.78 is 5.03. The summed E-state index contributed by atoms with van der Waals surface area (Å²) in [7, 11) is 0. The topological polar surface area (TPSA) is 102 Å². The van der Waals surface area contributed by atoms with E-state index in [0.29, 0.717) is 19.6 Å². The fourth-order valence-corrected chi connectivity index (χ4v) is 1.41. The number of benzene rings is 1. The average Bonchev–Trinajstić information content (AvgIpc) is 2.42. The summed E-state index contributed by atoms with van der Waals surface area (Å²) in [5, 5.41) is 21.7. The maximum atomic E-state index is 11.7. The van der Waals surface area contributed by atoms with Crippen molar-refractivity contribution < 1.29 is 19.6 Å². The molecule has 0 unspecified atom stereocenters.